The lowest BCUT2D eigenvalue weighted by molar-refractivity contribution is 0.0955. The number of para-hydroxylation sites is 1. The number of carbonyl (C=O) groups is 1. The number of benzene rings is 2. The molecular weight excluding hydrogens is 450 g/mol. The molecular formula is C22H26ClN5O3S. The van der Waals surface area contributed by atoms with Gasteiger partial charge in [0.15, 0.2) is 5.82 Å². The first-order valence-corrected chi connectivity index (χ1v) is 12.2. The predicted molar refractivity (Wildman–Crippen MR) is 126 cm³/mol. The van der Waals surface area contributed by atoms with Crippen molar-refractivity contribution >= 4 is 33.3 Å². The van der Waals surface area contributed by atoms with E-state index in [0.717, 1.165) is 19.4 Å². The Kier molecular flexibility index (Phi) is 8.26. The predicted octanol–water partition coefficient (Wildman–Crippen LogP) is 3.45. The topological polar surface area (TPSA) is 105 Å². The number of nitrogens with one attached hydrogen (secondary N) is 3. The average molecular weight is 476 g/mol. The van der Waals surface area contributed by atoms with Gasteiger partial charge in [0.05, 0.1) is 16.8 Å². The maximum atomic E-state index is 13.0. The molecule has 0 fully saturated rings. The smallest absolute Gasteiger partial charge is 0.263 e. The standard InChI is InChI=1S/C22H26ClN5O3S/c1-2-3-13-24-14-15-25-22(29)20-16-26-28(18-7-5-4-6-8-18)21(20)27-32(30,31)19-11-9-17(23)10-12-19/h4-12,16,24,27H,2-3,13-15H2,1H3,(H,25,29). The summed E-state index contributed by atoms with van der Waals surface area (Å²) in [6, 6.07) is 14.8. The molecule has 1 heterocycles. The maximum Gasteiger partial charge on any atom is 0.263 e. The zero-order valence-electron chi connectivity index (χ0n) is 17.7. The van der Waals surface area contributed by atoms with Gasteiger partial charge in [-0.3, -0.25) is 9.52 Å². The third-order valence-corrected chi connectivity index (χ3v) is 6.27. The van der Waals surface area contributed by atoms with E-state index in [4.69, 9.17) is 11.6 Å². The minimum absolute atomic E-state index is 0.0224. The van der Waals surface area contributed by atoms with Gasteiger partial charge in [-0.05, 0) is 49.4 Å². The van der Waals surface area contributed by atoms with Crippen LogP contribution in [-0.2, 0) is 10.0 Å². The molecule has 8 nitrogen and oxygen atoms in total. The average Bonchev–Trinajstić information content (AvgIpc) is 3.19. The quantitative estimate of drug-likeness (QED) is 0.368. The number of unbranched alkanes of at least 4 members (excludes halogenated alkanes) is 1. The number of aromatic nitrogens is 2. The van der Waals surface area contributed by atoms with Crippen LogP contribution in [0.15, 0.2) is 65.7 Å². The van der Waals surface area contributed by atoms with Crippen molar-refractivity contribution < 1.29 is 13.2 Å². The van der Waals surface area contributed by atoms with Crippen LogP contribution in [0, 0.1) is 0 Å². The fourth-order valence-electron chi connectivity index (χ4n) is 2.96. The summed E-state index contributed by atoms with van der Waals surface area (Å²) in [6.45, 7) is 4.01. The number of halogens is 1. The number of hydrogen-bond acceptors (Lipinski definition) is 5. The molecule has 32 heavy (non-hydrogen) atoms. The second-order valence-corrected chi connectivity index (χ2v) is 9.19. The molecule has 10 heteroatoms. The molecule has 1 aromatic heterocycles. The summed E-state index contributed by atoms with van der Waals surface area (Å²) in [6.07, 6.45) is 3.51. The first kappa shape index (κ1) is 23.8. The zero-order valence-corrected chi connectivity index (χ0v) is 19.3. The molecule has 0 atom stereocenters. The maximum absolute atomic E-state index is 13.0. The number of sulfonamides is 1. The number of amides is 1. The lowest BCUT2D eigenvalue weighted by Gasteiger charge is -2.13. The second kappa shape index (κ2) is 11.1. The van der Waals surface area contributed by atoms with E-state index in [2.05, 4.69) is 27.4 Å². The third kappa shape index (κ3) is 6.09. The largest absolute Gasteiger partial charge is 0.351 e. The summed E-state index contributed by atoms with van der Waals surface area (Å²) in [5.74, 6) is -0.360. The van der Waals surface area contributed by atoms with Gasteiger partial charge >= 0.3 is 0 Å². The monoisotopic (exact) mass is 475 g/mol. The van der Waals surface area contributed by atoms with Crippen LogP contribution in [0.1, 0.15) is 30.1 Å². The molecule has 0 aliphatic heterocycles. The Bertz CT molecular complexity index is 1130. The molecule has 0 spiro atoms. The molecule has 0 unspecified atom stereocenters. The summed E-state index contributed by atoms with van der Waals surface area (Å²) in [5, 5.41) is 10.7. The van der Waals surface area contributed by atoms with Crippen molar-refractivity contribution in [1.29, 1.82) is 0 Å². The van der Waals surface area contributed by atoms with E-state index in [1.807, 2.05) is 6.07 Å². The molecule has 3 aromatic rings. The molecule has 0 aliphatic carbocycles. The van der Waals surface area contributed by atoms with Crippen LogP contribution in [0.4, 0.5) is 5.82 Å². The first-order valence-electron chi connectivity index (χ1n) is 10.3. The van der Waals surface area contributed by atoms with Crippen LogP contribution in [-0.4, -0.2) is 43.7 Å². The second-order valence-electron chi connectivity index (χ2n) is 7.07. The number of anilines is 1. The minimum atomic E-state index is -3.98. The lowest BCUT2D eigenvalue weighted by atomic mass is 10.3. The summed E-state index contributed by atoms with van der Waals surface area (Å²) < 4.78 is 29.9. The van der Waals surface area contributed by atoms with Crippen molar-refractivity contribution in [2.24, 2.45) is 0 Å². The minimum Gasteiger partial charge on any atom is -0.351 e. The number of carbonyl (C=O) groups excluding carboxylic acids is 1. The molecule has 170 valence electrons. The van der Waals surface area contributed by atoms with Gasteiger partial charge < -0.3 is 10.6 Å². The van der Waals surface area contributed by atoms with Crippen molar-refractivity contribution in [2.75, 3.05) is 24.4 Å². The molecule has 0 saturated carbocycles. The lowest BCUT2D eigenvalue weighted by Crippen LogP contribution is -2.32. The summed E-state index contributed by atoms with van der Waals surface area (Å²) in [5.41, 5.74) is 0.738. The van der Waals surface area contributed by atoms with Crippen LogP contribution in [0.5, 0.6) is 0 Å². The summed E-state index contributed by atoms with van der Waals surface area (Å²) in [7, 11) is -3.98. The van der Waals surface area contributed by atoms with Crippen LogP contribution in [0.3, 0.4) is 0 Å². The zero-order chi connectivity index (χ0) is 23.0. The highest BCUT2D eigenvalue weighted by Crippen LogP contribution is 2.24. The van der Waals surface area contributed by atoms with Crippen LogP contribution in [0.2, 0.25) is 5.02 Å². The van der Waals surface area contributed by atoms with E-state index >= 15 is 0 Å². The summed E-state index contributed by atoms with van der Waals surface area (Å²) in [4.78, 5) is 12.8. The molecule has 2 aromatic carbocycles. The van der Waals surface area contributed by atoms with E-state index in [0.29, 0.717) is 23.8 Å². The van der Waals surface area contributed by atoms with E-state index in [-0.39, 0.29) is 16.3 Å². The van der Waals surface area contributed by atoms with Crippen molar-refractivity contribution in [3.05, 3.63) is 71.4 Å². The fourth-order valence-corrected chi connectivity index (χ4v) is 4.15. The van der Waals surface area contributed by atoms with Gasteiger partial charge in [0, 0.05) is 18.1 Å². The molecule has 3 rings (SSSR count). The van der Waals surface area contributed by atoms with Crippen LogP contribution < -0.4 is 15.4 Å². The molecule has 0 saturated heterocycles. The normalized spacial score (nSPS) is 11.3. The van der Waals surface area contributed by atoms with Crippen LogP contribution >= 0.6 is 11.6 Å². The van der Waals surface area contributed by atoms with Crippen molar-refractivity contribution in [2.45, 2.75) is 24.7 Å². The molecule has 0 aliphatic rings. The highest BCUT2D eigenvalue weighted by atomic mass is 35.5. The van der Waals surface area contributed by atoms with Gasteiger partial charge in [-0.2, -0.15) is 5.10 Å². The molecule has 0 radical (unpaired) electrons. The molecule has 1 amide bonds. The van der Waals surface area contributed by atoms with Crippen molar-refractivity contribution in [3.63, 3.8) is 0 Å². The van der Waals surface area contributed by atoms with E-state index < -0.39 is 15.9 Å². The van der Waals surface area contributed by atoms with Gasteiger partial charge in [-0.15, -0.1) is 0 Å². The highest BCUT2D eigenvalue weighted by Gasteiger charge is 2.24. The Labute approximate surface area is 193 Å². The Balaban J connectivity index is 1.86. The first-order chi connectivity index (χ1) is 15.4. The molecule has 3 N–H and O–H groups in total. The Hall–Kier alpha value is -2.88. The third-order valence-electron chi connectivity index (χ3n) is 4.66. The van der Waals surface area contributed by atoms with Gasteiger partial charge in [0.2, 0.25) is 0 Å². The van der Waals surface area contributed by atoms with Crippen molar-refractivity contribution in [1.82, 2.24) is 20.4 Å². The fraction of sp³-hybridized carbons (Fsp3) is 0.273. The van der Waals surface area contributed by atoms with E-state index in [9.17, 15) is 13.2 Å². The van der Waals surface area contributed by atoms with E-state index in [1.165, 1.54) is 35.1 Å². The van der Waals surface area contributed by atoms with Crippen molar-refractivity contribution in [3.8, 4) is 5.69 Å². The van der Waals surface area contributed by atoms with E-state index in [1.54, 1.807) is 24.3 Å². The number of nitrogens with zero attached hydrogens (tertiary/aromatic N) is 2. The number of hydrogen-bond donors (Lipinski definition) is 3. The van der Waals surface area contributed by atoms with Gasteiger partial charge in [-0.1, -0.05) is 43.1 Å². The van der Waals surface area contributed by atoms with Gasteiger partial charge in [0.25, 0.3) is 15.9 Å². The van der Waals surface area contributed by atoms with Crippen LogP contribution in [0.25, 0.3) is 5.69 Å². The number of rotatable bonds is 11. The highest BCUT2D eigenvalue weighted by molar-refractivity contribution is 7.92. The SMILES string of the molecule is CCCCNCCNC(=O)c1cnn(-c2ccccc2)c1NS(=O)(=O)c1ccc(Cl)cc1. The Morgan fingerprint density at radius 1 is 1.03 bits per heavy atom. The molecule has 0 bridgehead atoms. The Morgan fingerprint density at radius 2 is 1.75 bits per heavy atom. The Morgan fingerprint density at radius 3 is 2.44 bits per heavy atom. The van der Waals surface area contributed by atoms with Gasteiger partial charge in [-0.25, -0.2) is 13.1 Å². The summed E-state index contributed by atoms with van der Waals surface area (Å²) >= 11 is 5.88. The van der Waals surface area contributed by atoms with Gasteiger partial charge in [0.1, 0.15) is 5.56 Å².